The summed E-state index contributed by atoms with van der Waals surface area (Å²) in [6.07, 6.45) is 2.28. The molecule has 25 heavy (non-hydrogen) atoms. The number of pyridine rings is 1. The van der Waals surface area contributed by atoms with Gasteiger partial charge < -0.3 is 9.64 Å². The third kappa shape index (κ3) is 4.08. The van der Waals surface area contributed by atoms with Gasteiger partial charge in [0.2, 0.25) is 5.91 Å². The van der Waals surface area contributed by atoms with E-state index >= 15 is 0 Å². The summed E-state index contributed by atoms with van der Waals surface area (Å²) in [5.74, 6) is 0.551. The highest BCUT2D eigenvalue weighted by atomic mass is 32.1. The first-order valence-corrected chi connectivity index (χ1v) is 9.70. The van der Waals surface area contributed by atoms with Crippen molar-refractivity contribution >= 4 is 17.2 Å². The molecule has 0 saturated carbocycles. The van der Waals surface area contributed by atoms with Gasteiger partial charge in [-0.15, -0.1) is 11.3 Å². The van der Waals surface area contributed by atoms with E-state index < -0.39 is 0 Å². The molecule has 132 valence electrons. The maximum absolute atomic E-state index is 12.6. The zero-order chi connectivity index (χ0) is 17.1. The molecule has 0 spiro atoms. The van der Waals surface area contributed by atoms with Crippen LogP contribution in [0.15, 0.2) is 41.9 Å². The van der Waals surface area contributed by atoms with Crippen LogP contribution in [0.3, 0.4) is 0 Å². The summed E-state index contributed by atoms with van der Waals surface area (Å²) in [5, 5.41) is 2.13. The largest absolute Gasteiger partial charge is 0.375 e. The van der Waals surface area contributed by atoms with Gasteiger partial charge in [0.1, 0.15) is 0 Å². The van der Waals surface area contributed by atoms with Gasteiger partial charge in [-0.2, -0.15) is 0 Å². The molecule has 0 bridgehead atoms. The van der Waals surface area contributed by atoms with E-state index in [9.17, 15) is 4.79 Å². The molecule has 4 heterocycles. The maximum Gasteiger partial charge on any atom is 0.228 e. The van der Waals surface area contributed by atoms with Crippen molar-refractivity contribution in [3.05, 3.63) is 52.5 Å². The number of nitrogens with zero attached hydrogens (tertiary/aromatic N) is 3. The number of likely N-dealkylation sites (tertiary alicyclic amines) is 1. The molecular formula is C19H23N3O2S. The van der Waals surface area contributed by atoms with Crippen LogP contribution in [-0.4, -0.2) is 59.6 Å². The molecule has 0 unspecified atom stereocenters. The number of fused-ring (bicyclic) bond motifs is 1. The number of ether oxygens (including phenoxy) is 1. The Labute approximate surface area is 152 Å². The van der Waals surface area contributed by atoms with E-state index in [4.69, 9.17) is 4.74 Å². The Hall–Kier alpha value is -1.76. The summed E-state index contributed by atoms with van der Waals surface area (Å²) in [6, 6.07) is 9.99. The molecule has 2 fully saturated rings. The van der Waals surface area contributed by atoms with Crippen molar-refractivity contribution in [2.75, 3.05) is 32.8 Å². The predicted molar refractivity (Wildman–Crippen MR) is 97.3 cm³/mol. The zero-order valence-corrected chi connectivity index (χ0v) is 15.0. The van der Waals surface area contributed by atoms with E-state index in [1.165, 1.54) is 4.88 Å². The van der Waals surface area contributed by atoms with Gasteiger partial charge in [-0.25, -0.2) is 0 Å². The number of amides is 1. The van der Waals surface area contributed by atoms with Crippen LogP contribution in [0.25, 0.3) is 0 Å². The lowest BCUT2D eigenvalue weighted by Gasteiger charge is -2.22. The number of rotatable bonds is 4. The van der Waals surface area contributed by atoms with E-state index in [1.54, 1.807) is 17.5 Å². The van der Waals surface area contributed by atoms with Crippen LogP contribution in [0.4, 0.5) is 0 Å². The summed E-state index contributed by atoms with van der Waals surface area (Å²) in [5.41, 5.74) is 0.833. The standard InChI is InChI=1S/C19H23N3O2S/c23-19(10-16-4-1-2-6-20-16)22-12-15-11-21(7-8-24-18(15)14-22)13-17-5-3-9-25-17/h1-6,9,15,18H,7-8,10-14H2/t15-,18+/m0/s1. The molecule has 1 amide bonds. The molecule has 0 aliphatic carbocycles. The van der Waals surface area contributed by atoms with Gasteiger partial charge in [0.05, 0.1) is 19.1 Å². The fourth-order valence-corrected chi connectivity index (χ4v) is 4.45. The second-order valence-electron chi connectivity index (χ2n) is 6.78. The normalized spacial score (nSPS) is 24.1. The molecule has 5 nitrogen and oxygen atoms in total. The Morgan fingerprint density at radius 1 is 1.24 bits per heavy atom. The maximum atomic E-state index is 12.6. The van der Waals surface area contributed by atoms with Crippen LogP contribution in [-0.2, 0) is 22.5 Å². The molecule has 2 aromatic rings. The molecule has 0 N–H and O–H groups in total. The van der Waals surface area contributed by atoms with Crippen molar-refractivity contribution in [1.29, 1.82) is 0 Å². The van der Waals surface area contributed by atoms with Crippen molar-refractivity contribution in [2.24, 2.45) is 5.92 Å². The van der Waals surface area contributed by atoms with Gasteiger partial charge in [-0.1, -0.05) is 12.1 Å². The highest BCUT2D eigenvalue weighted by Crippen LogP contribution is 2.25. The highest BCUT2D eigenvalue weighted by molar-refractivity contribution is 7.09. The van der Waals surface area contributed by atoms with Gasteiger partial charge in [0.25, 0.3) is 0 Å². The van der Waals surface area contributed by atoms with Crippen LogP contribution >= 0.6 is 11.3 Å². The topological polar surface area (TPSA) is 45.7 Å². The fraction of sp³-hybridized carbons (Fsp3) is 0.474. The smallest absolute Gasteiger partial charge is 0.228 e. The van der Waals surface area contributed by atoms with E-state index in [0.717, 1.165) is 38.5 Å². The van der Waals surface area contributed by atoms with Crippen molar-refractivity contribution < 1.29 is 9.53 Å². The molecular weight excluding hydrogens is 334 g/mol. The third-order valence-electron chi connectivity index (χ3n) is 4.98. The SMILES string of the molecule is O=C(Cc1ccccn1)N1C[C@@H]2CN(Cc3cccs3)CCO[C@@H]2C1. The first kappa shape index (κ1) is 16.7. The Kier molecular flexibility index (Phi) is 5.10. The van der Waals surface area contributed by atoms with Gasteiger partial charge >= 0.3 is 0 Å². The summed E-state index contributed by atoms with van der Waals surface area (Å²) in [4.78, 5) is 22.7. The number of carbonyl (C=O) groups excluding carboxylic acids is 1. The first-order valence-electron chi connectivity index (χ1n) is 8.82. The monoisotopic (exact) mass is 357 g/mol. The quantitative estimate of drug-likeness (QED) is 0.840. The number of thiophene rings is 1. The number of hydrogen-bond acceptors (Lipinski definition) is 5. The van der Waals surface area contributed by atoms with Crippen LogP contribution < -0.4 is 0 Å². The summed E-state index contributed by atoms with van der Waals surface area (Å²) in [7, 11) is 0. The van der Waals surface area contributed by atoms with Crippen molar-refractivity contribution in [3.63, 3.8) is 0 Å². The molecule has 2 aliphatic heterocycles. The first-order chi connectivity index (χ1) is 12.3. The minimum absolute atomic E-state index is 0.153. The molecule has 4 rings (SSSR count). The van der Waals surface area contributed by atoms with E-state index in [1.807, 2.05) is 23.1 Å². The average Bonchev–Trinajstić information content (AvgIpc) is 3.22. The molecule has 2 saturated heterocycles. The van der Waals surface area contributed by atoms with Crippen LogP contribution in [0, 0.1) is 5.92 Å². The second-order valence-corrected chi connectivity index (χ2v) is 7.81. The van der Waals surface area contributed by atoms with Crippen molar-refractivity contribution in [1.82, 2.24) is 14.8 Å². The van der Waals surface area contributed by atoms with Crippen LogP contribution in [0.5, 0.6) is 0 Å². The van der Waals surface area contributed by atoms with Gasteiger partial charge in [-0.3, -0.25) is 14.7 Å². The van der Waals surface area contributed by atoms with E-state index in [0.29, 0.717) is 18.9 Å². The van der Waals surface area contributed by atoms with Crippen LogP contribution in [0.2, 0.25) is 0 Å². The van der Waals surface area contributed by atoms with E-state index in [2.05, 4.69) is 27.4 Å². The van der Waals surface area contributed by atoms with Gasteiger partial charge in [-0.05, 0) is 23.6 Å². The second kappa shape index (κ2) is 7.64. The molecule has 6 heteroatoms. The minimum Gasteiger partial charge on any atom is -0.375 e. The zero-order valence-electron chi connectivity index (χ0n) is 14.2. The average molecular weight is 357 g/mol. The molecule has 0 radical (unpaired) electrons. The predicted octanol–water partition coefficient (Wildman–Crippen LogP) is 2.04. The van der Waals surface area contributed by atoms with Crippen LogP contribution in [0.1, 0.15) is 10.6 Å². The fourth-order valence-electron chi connectivity index (χ4n) is 3.70. The number of hydrogen-bond donors (Lipinski definition) is 0. The summed E-state index contributed by atoms with van der Waals surface area (Å²) in [6.45, 7) is 5.18. The lowest BCUT2D eigenvalue weighted by molar-refractivity contribution is -0.130. The minimum atomic E-state index is 0.153. The molecule has 0 aromatic carbocycles. The van der Waals surface area contributed by atoms with E-state index in [-0.39, 0.29) is 12.0 Å². The number of carbonyl (C=O) groups is 1. The van der Waals surface area contributed by atoms with Gasteiger partial charge in [0.15, 0.2) is 0 Å². The molecule has 2 aromatic heterocycles. The van der Waals surface area contributed by atoms with Gasteiger partial charge in [0, 0.05) is 55.4 Å². The summed E-state index contributed by atoms with van der Waals surface area (Å²) < 4.78 is 6.06. The Morgan fingerprint density at radius 2 is 2.20 bits per heavy atom. The molecule has 2 aliphatic rings. The van der Waals surface area contributed by atoms with Crippen molar-refractivity contribution in [3.8, 4) is 0 Å². The Balaban J connectivity index is 1.36. The van der Waals surface area contributed by atoms with Crippen molar-refractivity contribution in [2.45, 2.75) is 19.1 Å². The Bertz CT molecular complexity index is 692. The lowest BCUT2D eigenvalue weighted by Crippen LogP contribution is -2.34. The molecule has 2 atom stereocenters. The number of aromatic nitrogens is 1. The Morgan fingerprint density at radius 3 is 3.00 bits per heavy atom. The lowest BCUT2D eigenvalue weighted by atomic mass is 10.1. The third-order valence-corrected chi connectivity index (χ3v) is 5.85. The summed E-state index contributed by atoms with van der Waals surface area (Å²) >= 11 is 1.80. The highest BCUT2D eigenvalue weighted by Gasteiger charge is 2.38.